The van der Waals surface area contributed by atoms with E-state index in [9.17, 15) is 24.3 Å². The van der Waals surface area contributed by atoms with Gasteiger partial charge in [-0.15, -0.1) is 0 Å². The third-order valence-electron chi connectivity index (χ3n) is 5.10. The normalized spacial score (nSPS) is 15.5. The fourth-order valence-electron chi connectivity index (χ4n) is 3.58. The number of benzene rings is 1. The lowest BCUT2D eigenvalue weighted by Crippen LogP contribution is -2.55. The van der Waals surface area contributed by atoms with E-state index in [0.29, 0.717) is 18.4 Å². The van der Waals surface area contributed by atoms with E-state index in [1.807, 2.05) is 20.8 Å². The van der Waals surface area contributed by atoms with E-state index in [2.05, 4.69) is 10.6 Å². The zero-order valence-corrected chi connectivity index (χ0v) is 21.4. The summed E-state index contributed by atoms with van der Waals surface area (Å²) >= 11 is 0. The molecule has 1 aromatic carbocycles. The Bertz CT molecular complexity index is 929. The van der Waals surface area contributed by atoms with Crippen molar-refractivity contribution in [3.8, 4) is 5.75 Å². The summed E-state index contributed by atoms with van der Waals surface area (Å²) in [6.07, 6.45) is 0.398. The van der Waals surface area contributed by atoms with Gasteiger partial charge in [-0.1, -0.05) is 12.1 Å². The summed E-state index contributed by atoms with van der Waals surface area (Å²) in [5, 5.41) is 15.2. The van der Waals surface area contributed by atoms with Crippen LogP contribution in [0.1, 0.15) is 78.8 Å². The highest BCUT2D eigenvalue weighted by Crippen LogP contribution is 2.36. The van der Waals surface area contributed by atoms with Crippen molar-refractivity contribution in [2.75, 3.05) is 0 Å². The predicted octanol–water partition coefficient (Wildman–Crippen LogP) is 2.50. The monoisotopic (exact) mass is 490 g/mol. The van der Waals surface area contributed by atoms with Gasteiger partial charge in [0.1, 0.15) is 23.4 Å². The van der Waals surface area contributed by atoms with E-state index in [4.69, 9.17) is 10.5 Å². The number of phenols is 1. The maximum atomic E-state index is 13.9. The van der Waals surface area contributed by atoms with E-state index in [-0.39, 0.29) is 24.6 Å². The molecule has 0 heterocycles. The maximum absolute atomic E-state index is 13.9. The average Bonchev–Trinajstić information content (AvgIpc) is 3.51. The van der Waals surface area contributed by atoms with Gasteiger partial charge in [-0.2, -0.15) is 0 Å². The highest BCUT2D eigenvalue weighted by Gasteiger charge is 2.44. The fraction of sp³-hybridized carbons (Fsp3) is 0.600. The van der Waals surface area contributed by atoms with Crippen LogP contribution in [0.5, 0.6) is 5.75 Å². The van der Waals surface area contributed by atoms with E-state index in [0.717, 1.165) is 0 Å². The first-order valence-corrected chi connectivity index (χ1v) is 11.8. The third-order valence-corrected chi connectivity index (χ3v) is 5.10. The van der Waals surface area contributed by atoms with Crippen molar-refractivity contribution in [3.63, 3.8) is 0 Å². The number of hydrogen-bond donors (Lipinski definition) is 4. The number of rotatable bonds is 9. The molecule has 0 saturated heterocycles. The molecular weight excluding hydrogens is 452 g/mol. The van der Waals surface area contributed by atoms with Gasteiger partial charge in [-0.25, -0.2) is 4.79 Å². The molecule has 0 aromatic heterocycles. The number of nitrogens with two attached hydrogens (primary N) is 1. The molecule has 2 rings (SSSR count). The third kappa shape index (κ3) is 9.11. The van der Waals surface area contributed by atoms with Gasteiger partial charge in [0.15, 0.2) is 0 Å². The second-order valence-electron chi connectivity index (χ2n) is 10.9. The minimum Gasteiger partial charge on any atom is -0.508 e. The van der Waals surface area contributed by atoms with Gasteiger partial charge in [0, 0.05) is 18.0 Å². The fourth-order valence-corrected chi connectivity index (χ4v) is 3.58. The van der Waals surface area contributed by atoms with Gasteiger partial charge in [-0.05, 0) is 78.5 Å². The van der Waals surface area contributed by atoms with E-state index < -0.39 is 47.0 Å². The topological polar surface area (TPSA) is 151 Å². The Hall–Kier alpha value is -3.30. The minimum absolute atomic E-state index is 0.0268. The quantitative estimate of drug-likeness (QED) is 0.417. The molecule has 35 heavy (non-hydrogen) atoms. The molecule has 10 heteroatoms. The standard InChI is InChI=1S/C25H38N4O6/c1-24(2,3)28-21(32)20(15-7-11-17(30)12-8-15)29(16-9-10-16)22(33)18(13-14-19(26)31)27-23(34)35-25(4,5)6/h7-8,11-12,16,18,20,30H,9-10,13-14H2,1-6H3,(H2,26,31)(H,27,34)(H,28,32). The zero-order chi connectivity index (χ0) is 26.6. The number of primary amides is 1. The summed E-state index contributed by atoms with van der Waals surface area (Å²) in [4.78, 5) is 52.8. The molecule has 0 aliphatic heterocycles. The van der Waals surface area contributed by atoms with Crippen molar-refractivity contribution >= 4 is 23.8 Å². The molecular formula is C25H38N4O6. The van der Waals surface area contributed by atoms with Crippen LogP contribution in [0.15, 0.2) is 24.3 Å². The van der Waals surface area contributed by atoms with Crippen molar-refractivity contribution in [2.24, 2.45) is 5.73 Å². The molecule has 0 radical (unpaired) electrons. The number of carbonyl (C=O) groups is 4. The molecule has 1 aliphatic rings. The summed E-state index contributed by atoms with van der Waals surface area (Å²) in [5.74, 6) is -1.50. The Labute approximate surface area is 206 Å². The molecule has 2 unspecified atom stereocenters. The Morgan fingerprint density at radius 2 is 1.66 bits per heavy atom. The molecule has 0 bridgehead atoms. The minimum atomic E-state index is -1.12. The maximum Gasteiger partial charge on any atom is 0.408 e. The number of hydrogen-bond acceptors (Lipinski definition) is 6. The molecule has 2 atom stereocenters. The first kappa shape index (κ1) is 27.9. The van der Waals surface area contributed by atoms with Crippen LogP contribution in [-0.2, 0) is 19.1 Å². The second-order valence-corrected chi connectivity index (χ2v) is 10.9. The molecule has 1 aromatic rings. The number of amides is 4. The van der Waals surface area contributed by atoms with Crippen molar-refractivity contribution in [3.05, 3.63) is 29.8 Å². The number of nitrogens with one attached hydrogen (secondary N) is 2. The largest absolute Gasteiger partial charge is 0.508 e. The highest BCUT2D eigenvalue weighted by molar-refractivity contribution is 5.93. The molecule has 1 saturated carbocycles. The molecule has 1 aliphatic carbocycles. The second kappa shape index (κ2) is 11.0. The lowest BCUT2D eigenvalue weighted by Gasteiger charge is -2.36. The average molecular weight is 491 g/mol. The summed E-state index contributed by atoms with van der Waals surface area (Å²) in [7, 11) is 0. The summed E-state index contributed by atoms with van der Waals surface area (Å²) < 4.78 is 5.31. The number of alkyl carbamates (subject to hydrolysis) is 1. The number of aromatic hydroxyl groups is 1. The summed E-state index contributed by atoms with van der Waals surface area (Å²) in [6, 6.07) is 3.72. The Morgan fingerprint density at radius 3 is 2.11 bits per heavy atom. The van der Waals surface area contributed by atoms with Gasteiger partial charge in [0.05, 0.1) is 0 Å². The van der Waals surface area contributed by atoms with E-state index in [1.165, 1.54) is 17.0 Å². The highest BCUT2D eigenvalue weighted by atomic mass is 16.6. The summed E-state index contributed by atoms with van der Waals surface area (Å²) in [6.45, 7) is 10.6. The van der Waals surface area contributed by atoms with Crippen LogP contribution in [0.2, 0.25) is 0 Å². The number of nitrogens with zero attached hydrogens (tertiary/aromatic N) is 1. The van der Waals surface area contributed by atoms with Crippen LogP contribution < -0.4 is 16.4 Å². The van der Waals surface area contributed by atoms with Gasteiger partial charge in [0.2, 0.25) is 17.7 Å². The van der Waals surface area contributed by atoms with Gasteiger partial charge in [-0.3, -0.25) is 14.4 Å². The molecule has 4 amide bonds. The SMILES string of the molecule is CC(C)(C)NC(=O)C(c1ccc(O)cc1)N(C(=O)C(CCC(N)=O)NC(=O)OC(C)(C)C)C1CC1. The van der Waals surface area contributed by atoms with Crippen molar-refractivity contribution in [1.29, 1.82) is 0 Å². The van der Waals surface area contributed by atoms with Crippen LogP contribution in [-0.4, -0.2) is 57.0 Å². The number of carbonyl (C=O) groups excluding carboxylic acids is 4. The first-order valence-electron chi connectivity index (χ1n) is 11.8. The van der Waals surface area contributed by atoms with Crippen LogP contribution >= 0.6 is 0 Å². The Kier molecular flexibility index (Phi) is 8.75. The Morgan fingerprint density at radius 1 is 1.09 bits per heavy atom. The van der Waals surface area contributed by atoms with Crippen molar-refractivity contribution < 1.29 is 29.0 Å². The zero-order valence-electron chi connectivity index (χ0n) is 21.4. The van der Waals surface area contributed by atoms with Crippen LogP contribution in [0.25, 0.3) is 0 Å². The van der Waals surface area contributed by atoms with E-state index >= 15 is 0 Å². The van der Waals surface area contributed by atoms with E-state index in [1.54, 1.807) is 32.9 Å². The smallest absolute Gasteiger partial charge is 0.408 e. The molecule has 5 N–H and O–H groups in total. The molecule has 194 valence electrons. The van der Waals surface area contributed by atoms with Gasteiger partial charge in [0.25, 0.3) is 0 Å². The lowest BCUT2D eigenvalue weighted by molar-refractivity contribution is -0.144. The van der Waals surface area contributed by atoms with Crippen LogP contribution in [0.3, 0.4) is 0 Å². The molecule has 1 fully saturated rings. The molecule has 0 spiro atoms. The van der Waals surface area contributed by atoms with Crippen molar-refractivity contribution in [2.45, 2.75) is 96.5 Å². The van der Waals surface area contributed by atoms with Crippen LogP contribution in [0, 0.1) is 0 Å². The Balaban J connectivity index is 2.45. The summed E-state index contributed by atoms with van der Waals surface area (Å²) in [5.41, 5.74) is 4.46. The van der Waals surface area contributed by atoms with Crippen LogP contribution in [0.4, 0.5) is 4.79 Å². The predicted molar refractivity (Wildman–Crippen MR) is 130 cm³/mol. The van der Waals surface area contributed by atoms with Gasteiger partial charge < -0.3 is 31.1 Å². The number of phenolic OH excluding ortho intramolecular Hbond substituents is 1. The first-order chi connectivity index (χ1) is 16.1. The lowest BCUT2D eigenvalue weighted by atomic mass is 9.99. The van der Waals surface area contributed by atoms with Crippen molar-refractivity contribution in [1.82, 2.24) is 15.5 Å². The van der Waals surface area contributed by atoms with Gasteiger partial charge >= 0.3 is 6.09 Å². The number of ether oxygens (including phenoxy) is 1. The molecule has 10 nitrogen and oxygen atoms in total.